The maximum absolute atomic E-state index is 8.63. The van der Waals surface area contributed by atoms with Crippen LogP contribution >= 0.6 is 11.6 Å². The highest BCUT2D eigenvalue weighted by Crippen LogP contribution is 2.31. The Morgan fingerprint density at radius 1 is 1.38 bits per heavy atom. The van der Waals surface area contributed by atoms with Crippen LogP contribution in [0.2, 0.25) is 5.02 Å². The second-order valence-electron chi connectivity index (χ2n) is 4.22. The van der Waals surface area contributed by atoms with Gasteiger partial charge in [0.2, 0.25) is 0 Å². The zero-order valence-electron chi connectivity index (χ0n) is 9.17. The van der Waals surface area contributed by atoms with Crippen molar-refractivity contribution >= 4 is 11.6 Å². The molecule has 84 valence electrons. The minimum absolute atomic E-state index is 0.437. The van der Waals surface area contributed by atoms with Crippen LogP contribution in [0.15, 0.2) is 18.2 Å². The van der Waals surface area contributed by atoms with Gasteiger partial charge < -0.3 is 5.32 Å². The molecule has 1 heterocycles. The number of hydrogen-bond acceptors (Lipinski definition) is 2. The van der Waals surface area contributed by atoms with Crippen molar-refractivity contribution in [2.45, 2.75) is 25.2 Å². The van der Waals surface area contributed by atoms with E-state index in [0.29, 0.717) is 12.3 Å². The van der Waals surface area contributed by atoms with Crippen LogP contribution < -0.4 is 5.32 Å². The first-order valence-electron chi connectivity index (χ1n) is 5.67. The zero-order valence-corrected chi connectivity index (χ0v) is 9.93. The lowest BCUT2D eigenvalue weighted by atomic mass is 9.89. The Balaban J connectivity index is 2.18. The van der Waals surface area contributed by atoms with E-state index in [4.69, 9.17) is 16.9 Å². The molecule has 0 radical (unpaired) electrons. The minimum atomic E-state index is 0.437. The van der Waals surface area contributed by atoms with E-state index in [1.165, 1.54) is 5.56 Å². The number of nitrogens with zero attached hydrogens (tertiary/aromatic N) is 1. The van der Waals surface area contributed by atoms with E-state index in [-0.39, 0.29) is 0 Å². The Morgan fingerprint density at radius 2 is 2.12 bits per heavy atom. The fourth-order valence-corrected chi connectivity index (χ4v) is 2.59. The number of halogens is 1. The van der Waals surface area contributed by atoms with Gasteiger partial charge in [0, 0.05) is 5.02 Å². The van der Waals surface area contributed by atoms with Gasteiger partial charge in [-0.2, -0.15) is 5.26 Å². The number of hydrogen-bond donors (Lipinski definition) is 1. The Labute approximate surface area is 101 Å². The summed E-state index contributed by atoms with van der Waals surface area (Å²) in [6, 6.07) is 8.18. The molecule has 1 saturated heterocycles. The number of rotatable bonds is 2. The molecule has 0 saturated carbocycles. The summed E-state index contributed by atoms with van der Waals surface area (Å²) in [5, 5.41) is 12.8. The summed E-state index contributed by atoms with van der Waals surface area (Å²) in [6.45, 7) is 2.14. The van der Waals surface area contributed by atoms with E-state index in [2.05, 4.69) is 17.5 Å². The van der Waals surface area contributed by atoms with Gasteiger partial charge in [-0.15, -0.1) is 0 Å². The smallest absolute Gasteiger partial charge is 0.0669 e. The van der Waals surface area contributed by atoms with Crippen molar-refractivity contribution in [2.75, 3.05) is 13.1 Å². The van der Waals surface area contributed by atoms with Gasteiger partial charge in [-0.1, -0.05) is 23.7 Å². The maximum atomic E-state index is 8.63. The normalized spacial score (nSPS) is 17.0. The van der Waals surface area contributed by atoms with E-state index in [1.54, 1.807) is 0 Å². The summed E-state index contributed by atoms with van der Waals surface area (Å²) in [4.78, 5) is 0. The first-order valence-corrected chi connectivity index (χ1v) is 6.05. The molecule has 0 spiro atoms. The van der Waals surface area contributed by atoms with Crippen LogP contribution in [0, 0.1) is 11.3 Å². The SMILES string of the molecule is N#CCc1ccc(C2CCNCC2)c(Cl)c1. The summed E-state index contributed by atoms with van der Waals surface area (Å²) >= 11 is 6.27. The van der Waals surface area contributed by atoms with E-state index in [9.17, 15) is 0 Å². The molecule has 2 nitrogen and oxygen atoms in total. The van der Waals surface area contributed by atoms with Crippen LogP contribution in [0.5, 0.6) is 0 Å². The zero-order chi connectivity index (χ0) is 11.4. The highest BCUT2D eigenvalue weighted by Gasteiger charge is 2.17. The highest BCUT2D eigenvalue weighted by molar-refractivity contribution is 6.31. The Bertz CT molecular complexity index is 403. The Morgan fingerprint density at radius 3 is 2.75 bits per heavy atom. The predicted octanol–water partition coefficient (Wildman–Crippen LogP) is 2.87. The molecule has 0 aliphatic carbocycles. The van der Waals surface area contributed by atoms with Crippen molar-refractivity contribution < 1.29 is 0 Å². The average molecular weight is 235 g/mol. The van der Waals surface area contributed by atoms with Crippen molar-refractivity contribution in [3.8, 4) is 6.07 Å². The monoisotopic (exact) mass is 234 g/mol. The molecular formula is C13H15ClN2. The van der Waals surface area contributed by atoms with Gasteiger partial charge in [-0.05, 0) is 49.0 Å². The molecule has 3 heteroatoms. The number of nitrogens with one attached hydrogen (secondary N) is 1. The van der Waals surface area contributed by atoms with Gasteiger partial charge in [0.1, 0.15) is 0 Å². The first-order chi connectivity index (χ1) is 7.81. The fraction of sp³-hybridized carbons (Fsp3) is 0.462. The molecule has 2 rings (SSSR count). The lowest BCUT2D eigenvalue weighted by molar-refractivity contribution is 0.460. The van der Waals surface area contributed by atoms with Gasteiger partial charge >= 0.3 is 0 Å². The van der Waals surface area contributed by atoms with Crippen molar-refractivity contribution in [2.24, 2.45) is 0 Å². The third-order valence-corrected chi connectivity index (χ3v) is 3.45. The predicted molar refractivity (Wildman–Crippen MR) is 65.6 cm³/mol. The molecule has 0 aromatic heterocycles. The summed E-state index contributed by atoms with van der Waals surface area (Å²) in [7, 11) is 0. The molecule has 1 aromatic rings. The molecule has 0 bridgehead atoms. The molecule has 1 fully saturated rings. The molecule has 0 atom stereocenters. The second-order valence-corrected chi connectivity index (χ2v) is 4.62. The second kappa shape index (κ2) is 5.34. The molecule has 1 aliphatic rings. The third kappa shape index (κ3) is 2.55. The fourth-order valence-electron chi connectivity index (χ4n) is 2.24. The van der Waals surface area contributed by atoms with Gasteiger partial charge in [0.25, 0.3) is 0 Å². The summed E-state index contributed by atoms with van der Waals surface area (Å²) in [6.07, 6.45) is 2.74. The van der Waals surface area contributed by atoms with E-state index in [1.807, 2.05) is 12.1 Å². The molecule has 0 unspecified atom stereocenters. The summed E-state index contributed by atoms with van der Waals surface area (Å²) in [5.41, 5.74) is 2.25. The number of nitriles is 1. The molecule has 16 heavy (non-hydrogen) atoms. The van der Waals surface area contributed by atoms with Crippen LogP contribution in [-0.2, 0) is 6.42 Å². The summed E-state index contributed by atoms with van der Waals surface area (Å²) in [5.74, 6) is 0.574. The van der Waals surface area contributed by atoms with Crippen molar-refractivity contribution in [1.29, 1.82) is 5.26 Å². The third-order valence-electron chi connectivity index (χ3n) is 3.13. The van der Waals surface area contributed by atoms with E-state index < -0.39 is 0 Å². The van der Waals surface area contributed by atoms with Gasteiger partial charge in [0.15, 0.2) is 0 Å². The quantitative estimate of drug-likeness (QED) is 0.854. The van der Waals surface area contributed by atoms with Crippen LogP contribution in [0.25, 0.3) is 0 Å². The van der Waals surface area contributed by atoms with Gasteiger partial charge in [-0.3, -0.25) is 0 Å². The summed E-state index contributed by atoms with van der Waals surface area (Å²) < 4.78 is 0. The minimum Gasteiger partial charge on any atom is -0.317 e. The molecular weight excluding hydrogens is 220 g/mol. The number of benzene rings is 1. The van der Waals surface area contributed by atoms with E-state index in [0.717, 1.165) is 36.5 Å². The van der Waals surface area contributed by atoms with Crippen molar-refractivity contribution in [3.63, 3.8) is 0 Å². The van der Waals surface area contributed by atoms with Crippen LogP contribution in [-0.4, -0.2) is 13.1 Å². The molecule has 1 aliphatic heterocycles. The van der Waals surface area contributed by atoms with E-state index >= 15 is 0 Å². The molecule has 1 aromatic carbocycles. The molecule has 0 amide bonds. The number of piperidine rings is 1. The van der Waals surface area contributed by atoms with Crippen molar-refractivity contribution in [3.05, 3.63) is 34.3 Å². The van der Waals surface area contributed by atoms with Gasteiger partial charge in [-0.25, -0.2) is 0 Å². The highest BCUT2D eigenvalue weighted by atomic mass is 35.5. The lowest BCUT2D eigenvalue weighted by Crippen LogP contribution is -2.26. The lowest BCUT2D eigenvalue weighted by Gasteiger charge is -2.24. The van der Waals surface area contributed by atoms with Crippen LogP contribution in [0.1, 0.15) is 29.9 Å². The Hall–Kier alpha value is -1.04. The van der Waals surface area contributed by atoms with Crippen LogP contribution in [0.3, 0.4) is 0 Å². The maximum Gasteiger partial charge on any atom is 0.0669 e. The largest absolute Gasteiger partial charge is 0.317 e. The topological polar surface area (TPSA) is 35.8 Å². The van der Waals surface area contributed by atoms with Crippen molar-refractivity contribution in [1.82, 2.24) is 5.32 Å². The Kier molecular flexibility index (Phi) is 3.82. The standard InChI is InChI=1S/C13H15ClN2/c14-13-9-10(3-6-15)1-2-12(13)11-4-7-16-8-5-11/h1-2,9,11,16H,3-5,7-8H2. The average Bonchev–Trinajstić information content (AvgIpc) is 2.31. The first kappa shape index (κ1) is 11.4. The van der Waals surface area contributed by atoms with Gasteiger partial charge in [0.05, 0.1) is 12.5 Å². The van der Waals surface area contributed by atoms with Crippen LogP contribution in [0.4, 0.5) is 0 Å². The molecule has 1 N–H and O–H groups in total.